The van der Waals surface area contributed by atoms with Crippen molar-refractivity contribution >= 4 is 33.2 Å². The van der Waals surface area contributed by atoms with Crippen molar-refractivity contribution in [3.8, 4) is 0 Å². The fourth-order valence-electron chi connectivity index (χ4n) is 0.923. The first-order chi connectivity index (χ1) is 7.34. The highest BCUT2D eigenvalue weighted by Gasteiger charge is 2.12. The Balaban J connectivity index is 3.30. The number of aliphatic imine (C=N–C) groups is 1. The molecule has 0 bridgehead atoms. The van der Waals surface area contributed by atoms with Gasteiger partial charge in [0.1, 0.15) is 17.3 Å². The first kappa shape index (κ1) is 12.9. The van der Waals surface area contributed by atoms with Gasteiger partial charge in [-0.25, -0.2) is 9.38 Å². The third kappa shape index (κ3) is 3.16. The third-order valence-corrected chi connectivity index (χ3v) is 2.74. The second kappa shape index (κ2) is 4.77. The Labute approximate surface area is 96.5 Å². The molecule has 1 rings (SSSR count). The van der Waals surface area contributed by atoms with Gasteiger partial charge in [0.05, 0.1) is 10.8 Å². The van der Waals surface area contributed by atoms with Crippen LogP contribution < -0.4 is 5.73 Å². The lowest BCUT2D eigenvalue weighted by Gasteiger charge is -2.01. The van der Waals surface area contributed by atoms with Crippen molar-refractivity contribution in [1.82, 2.24) is 0 Å². The fraction of sp³-hybridized carbons (Fsp3) is 0.125. The lowest BCUT2D eigenvalue weighted by atomic mass is 10.3. The normalized spacial score (nSPS) is 12.8. The molecule has 0 amide bonds. The zero-order valence-electron chi connectivity index (χ0n) is 7.89. The predicted molar refractivity (Wildman–Crippen MR) is 58.2 cm³/mol. The first-order valence-corrected chi connectivity index (χ1v) is 5.98. The number of hydrogen-bond donors (Lipinski definition) is 2. The van der Waals surface area contributed by atoms with Gasteiger partial charge in [-0.05, 0) is 18.2 Å². The third-order valence-electron chi connectivity index (χ3n) is 1.62. The van der Waals surface area contributed by atoms with Gasteiger partial charge in [0.25, 0.3) is 10.1 Å². The van der Waals surface area contributed by atoms with Crippen LogP contribution in [0.2, 0.25) is 0 Å². The van der Waals surface area contributed by atoms with Crippen LogP contribution in [-0.4, -0.2) is 24.7 Å². The summed E-state index contributed by atoms with van der Waals surface area (Å²) in [6.07, 6.45) is 0. The Morgan fingerprint density at radius 3 is 2.69 bits per heavy atom. The van der Waals surface area contributed by atoms with Gasteiger partial charge >= 0.3 is 0 Å². The van der Waals surface area contributed by atoms with E-state index < -0.39 is 20.8 Å². The summed E-state index contributed by atoms with van der Waals surface area (Å²) in [7, 11) is -4.39. The smallest absolute Gasteiger partial charge is 0.294 e. The molecular weight excluding hydrogens is 259 g/mol. The number of hydrogen-bond acceptors (Lipinski definition) is 3. The number of amidine groups is 1. The minimum Gasteiger partial charge on any atom is -0.386 e. The summed E-state index contributed by atoms with van der Waals surface area (Å²) in [4.78, 5) is 3.10. The molecule has 1 aromatic rings. The molecule has 0 atom stereocenters. The van der Waals surface area contributed by atoms with E-state index in [0.29, 0.717) is 0 Å². The molecule has 0 spiro atoms. The van der Waals surface area contributed by atoms with Gasteiger partial charge < -0.3 is 5.73 Å². The standard InChI is InChI=1S/C8H8ClFN2O3S/c9-4-8(11)12-7-3-5(16(13,14)15)1-2-6(7)10/h1-3H,4H2,(H2,11,12)(H,13,14,15). The molecule has 8 heteroatoms. The number of rotatable bonds is 3. The van der Waals surface area contributed by atoms with Crippen molar-refractivity contribution in [2.45, 2.75) is 4.90 Å². The molecule has 0 fully saturated rings. The zero-order chi connectivity index (χ0) is 12.3. The van der Waals surface area contributed by atoms with Crippen LogP contribution in [-0.2, 0) is 10.1 Å². The molecule has 0 saturated carbocycles. The van der Waals surface area contributed by atoms with E-state index in [4.69, 9.17) is 21.9 Å². The highest BCUT2D eigenvalue weighted by molar-refractivity contribution is 7.85. The second-order valence-corrected chi connectivity index (χ2v) is 4.51. The molecule has 5 nitrogen and oxygen atoms in total. The minimum atomic E-state index is -4.39. The van der Waals surface area contributed by atoms with Gasteiger partial charge in [-0.15, -0.1) is 11.6 Å². The van der Waals surface area contributed by atoms with Crippen LogP contribution in [0.1, 0.15) is 0 Å². The first-order valence-electron chi connectivity index (χ1n) is 4.00. The Bertz CT molecular complexity index is 530. The second-order valence-electron chi connectivity index (χ2n) is 2.83. The average molecular weight is 267 g/mol. The number of alkyl halides is 1. The summed E-state index contributed by atoms with van der Waals surface area (Å²) >= 11 is 5.34. The zero-order valence-corrected chi connectivity index (χ0v) is 9.46. The number of benzene rings is 1. The van der Waals surface area contributed by atoms with E-state index in [1.54, 1.807) is 0 Å². The summed E-state index contributed by atoms with van der Waals surface area (Å²) in [6.45, 7) is 0. The van der Waals surface area contributed by atoms with E-state index in [2.05, 4.69) is 4.99 Å². The highest BCUT2D eigenvalue weighted by atomic mass is 35.5. The molecule has 3 N–H and O–H groups in total. The van der Waals surface area contributed by atoms with Crippen molar-refractivity contribution in [2.75, 3.05) is 5.88 Å². The molecule has 0 aromatic heterocycles. The van der Waals surface area contributed by atoms with Gasteiger partial charge in [0.15, 0.2) is 0 Å². The highest BCUT2D eigenvalue weighted by Crippen LogP contribution is 2.22. The molecule has 0 aliphatic rings. The van der Waals surface area contributed by atoms with E-state index in [0.717, 1.165) is 18.2 Å². The van der Waals surface area contributed by atoms with Crippen molar-refractivity contribution in [3.05, 3.63) is 24.0 Å². The molecule has 88 valence electrons. The Hall–Kier alpha value is -1.18. The monoisotopic (exact) mass is 266 g/mol. The van der Waals surface area contributed by atoms with Crippen LogP contribution in [0.3, 0.4) is 0 Å². The van der Waals surface area contributed by atoms with E-state index >= 15 is 0 Å². The van der Waals surface area contributed by atoms with Crippen molar-refractivity contribution < 1.29 is 17.4 Å². The number of nitrogens with two attached hydrogens (primary N) is 1. The van der Waals surface area contributed by atoms with E-state index in [-0.39, 0.29) is 17.4 Å². The van der Waals surface area contributed by atoms with E-state index in [1.165, 1.54) is 0 Å². The topological polar surface area (TPSA) is 92.8 Å². The Morgan fingerprint density at radius 2 is 2.19 bits per heavy atom. The molecule has 0 aliphatic heterocycles. The summed E-state index contributed by atoms with van der Waals surface area (Å²) in [5.74, 6) is -0.941. The lowest BCUT2D eigenvalue weighted by Crippen LogP contribution is -2.12. The molecule has 16 heavy (non-hydrogen) atoms. The Morgan fingerprint density at radius 1 is 1.56 bits per heavy atom. The van der Waals surface area contributed by atoms with Crippen molar-refractivity contribution in [1.29, 1.82) is 0 Å². The van der Waals surface area contributed by atoms with Crippen LogP contribution >= 0.6 is 11.6 Å². The summed E-state index contributed by atoms with van der Waals surface area (Å²) in [6, 6.07) is 2.65. The molecule has 0 aliphatic carbocycles. The van der Waals surface area contributed by atoms with Gasteiger partial charge in [0.2, 0.25) is 0 Å². The van der Waals surface area contributed by atoms with Crippen LogP contribution in [0, 0.1) is 5.82 Å². The maximum atomic E-state index is 13.2. The molecular formula is C8H8ClFN2O3S. The summed E-state index contributed by atoms with van der Waals surface area (Å²) in [5, 5.41) is 0. The number of nitrogens with zero attached hydrogens (tertiary/aromatic N) is 1. The van der Waals surface area contributed by atoms with Crippen LogP contribution in [0.5, 0.6) is 0 Å². The van der Waals surface area contributed by atoms with Gasteiger partial charge in [0, 0.05) is 0 Å². The summed E-state index contributed by atoms with van der Waals surface area (Å²) in [5.41, 5.74) is 4.97. The van der Waals surface area contributed by atoms with E-state index in [1.807, 2.05) is 0 Å². The van der Waals surface area contributed by atoms with E-state index in [9.17, 15) is 12.8 Å². The minimum absolute atomic E-state index is 0.0620. The molecule has 1 aromatic carbocycles. The SMILES string of the molecule is NC(CCl)=Nc1cc(S(=O)(=O)O)ccc1F. The van der Waals surface area contributed by atoms with Crippen LogP contribution in [0.25, 0.3) is 0 Å². The maximum absolute atomic E-state index is 13.2. The summed E-state index contributed by atoms with van der Waals surface area (Å²) < 4.78 is 43.5. The predicted octanol–water partition coefficient (Wildman–Crippen LogP) is 1.30. The lowest BCUT2D eigenvalue weighted by molar-refractivity contribution is 0.483. The molecule has 0 heterocycles. The van der Waals surface area contributed by atoms with Crippen LogP contribution in [0.4, 0.5) is 10.1 Å². The van der Waals surface area contributed by atoms with Gasteiger partial charge in [-0.1, -0.05) is 0 Å². The quantitative estimate of drug-likeness (QED) is 0.373. The molecule has 0 unspecified atom stereocenters. The van der Waals surface area contributed by atoms with Crippen LogP contribution in [0.15, 0.2) is 28.1 Å². The number of halogens is 2. The molecule has 0 radical (unpaired) electrons. The van der Waals surface area contributed by atoms with Crippen molar-refractivity contribution in [2.24, 2.45) is 10.7 Å². The van der Waals surface area contributed by atoms with Crippen molar-refractivity contribution in [3.63, 3.8) is 0 Å². The average Bonchev–Trinajstić information content (AvgIpc) is 2.19. The maximum Gasteiger partial charge on any atom is 0.294 e. The fourth-order valence-corrected chi connectivity index (χ4v) is 1.48. The molecule has 0 saturated heterocycles. The Kier molecular flexibility index (Phi) is 3.84. The largest absolute Gasteiger partial charge is 0.386 e. The van der Waals surface area contributed by atoms with Gasteiger partial charge in [-0.2, -0.15) is 8.42 Å². The van der Waals surface area contributed by atoms with Gasteiger partial charge in [-0.3, -0.25) is 4.55 Å².